The number of fused-ring (bicyclic) bond motifs is 1. The van der Waals surface area contributed by atoms with Crippen LogP contribution in [0, 0.1) is 0 Å². The first-order valence-electron chi connectivity index (χ1n) is 5.52. The summed E-state index contributed by atoms with van der Waals surface area (Å²) in [7, 11) is 0. The minimum atomic E-state index is 0.627. The molecule has 1 aromatic rings. The lowest BCUT2D eigenvalue weighted by atomic mass is 10.1. The zero-order valence-corrected chi connectivity index (χ0v) is 8.69. The second-order valence-electron chi connectivity index (χ2n) is 4.19. The van der Waals surface area contributed by atoms with E-state index in [0.717, 1.165) is 25.3 Å². The fourth-order valence-electron chi connectivity index (χ4n) is 2.29. The monoisotopic (exact) mass is 201 g/mol. The molecular formula is C12H15N3. The van der Waals surface area contributed by atoms with E-state index < -0.39 is 0 Å². The van der Waals surface area contributed by atoms with Gasteiger partial charge in [-0.2, -0.15) is 0 Å². The van der Waals surface area contributed by atoms with E-state index in [1.807, 2.05) is 12.4 Å². The summed E-state index contributed by atoms with van der Waals surface area (Å²) in [6, 6.07) is 9.01. The van der Waals surface area contributed by atoms with Gasteiger partial charge in [0.25, 0.3) is 0 Å². The van der Waals surface area contributed by atoms with Crippen LogP contribution in [-0.4, -0.2) is 30.4 Å². The van der Waals surface area contributed by atoms with Gasteiger partial charge in [-0.3, -0.25) is 0 Å². The van der Waals surface area contributed by atoms with Crippen molar-refractivity contribution in [3.05, 3.63) is 29.8 Å². The van der Waals surface area contributed by atoms with E-state index in [0.29, 0.717) is 6.04 Å². The summed E-state index contributed by atoms with van der Waals surface area (Å²) >= 11 is 0. The summed E-state index contributed by atoms with van der Waals surface area (Å²) in [5, 5.41) is 3.39. The molecule has 3 heteroatoms. The van der Waals surface area contributed by atoms with Crippen molar-refractivity contribution in [1.29, 1.82) is 0 Å². The number of rotatable bonds is 1. The van der Waals surface area contributed by atoms with Crippen LogP contribution in [-0.2, 0) is 6.54 Å². The summed E-state index contributed by atoms with van der Waals surface area (Å²) in [6.07, 6.45) is 3.23. The van der Waals surface area contributed by atoms with Crippen molar-refractivity contribution >= 4 is 12.0 Å². The van der Waals surface area contributed by atoms with Crippen LogP contribution in [0.2, 0.25) is 0 Å². The SMILES string of the molecule is C1=Nc2ccccc2CN1[C@@H]1CCNC1. The minimum Gasteiger partial charge on any atom is -0.354 e. The van der Waals surface area contributed by atoms with Gasteiger partial charge in [0.15, 0.2) is 0 Å². The minimum absolute atomic E-state index is 0.627. The number of nitrogens with one attached hydrogen (secondary N) is 1. The molecule has 2 heterocycles. The quantitative estimate of drug-likeness (QED) is 0.746. The van der Waals surface area contributed by atoms with Crippen LogP contribution in [0.1, 0.15) is 12.0 Å². The Labute approximate surface area is 89.8 Å². The highest BCUT2D eigenvalue weighted by Crippen LogP contribution is 2.25. The van der Waals surface area contributed by atoms with E-state index in [2.05, 4.69) is 33.4 Å². The number of nitrogens with zero attached hydrogens (tertiary/aromatic N) is 2. The fourth-order valence-corrected chi connectivity index (χ4v) is 2.29. The average Bonchev–Trinajstić information content (AvgIpc) is 2.82. The highest BCUT2D eigenvalue weighted by Gasteiger charge is 2.22. The molecule has 1 aromatic carbocycles. The van der Waals surface area contributed by atoms with Gasteiger partial charge in [-0.15, -0.1) is 0 Å². The molecule has 15 heavy (non-hydrogen) atoms. The average molecular weight is 201 g/mol. The van der Waals surface area contributed by atoms with Gasteiger partial charge in [-0.05, 0) is 24.6 Å². The van der Waals surface area contributed by atoms with Gasteiger partial charge in [0.05, 0.1) is 12.0 Å². The molecule has 1 fully saturated rings. The topological polar surface area (TPSA) is 27.6 Å². The molecular weight excluding hydrogens is 186 g/mol. The van der Waals surface area contributed by atoms with Gasteiger partial charge in [-0.1, -0.05) is 18.2 Å². The third-order valence-corrected chi connectivity index (χ3v) is 3.19. The van der Waals surface area contributed by atoms with Gasteiger partial charge in [0.1, 0.15) is 0 Å². The maximum absolute atomic E-state index is 4.49. The summed E-state index contributed by atoms with van der Waals surface area (Å²) in [5.74, 6) is 0. The number of aliphatic imine (C=N–C) groups is 1. The Morgan fingerprint density at radius 1 is 1.33 bits per heavy atom. The van der Waals surface area contributed by atoms with E-state index in [9.17, 15) is 0 Å². The molecule has 78 valence electrons. The Bertz CT molecular complexity index is 380. The van der Waals surface area contributed by atoms with Gasteiger partial charge < -0.3 is 10.2 Å². The number of para-hydroxylation sites is 1. The van der Waals surface area contributed by atoms with E-state index in [1.165, 1.54) is 12.0 Å². The van der Waals surface area contributed by atoms with Crippen molar-refractivity contribution in [3.8, 4) is 0 Å². The molecule has 3 nitrogen and oxygen atoms in total. The van der Waals surface area contributed by atoms with Gasteiger partial charge >= 0.3 is 0 Å². The van der Waals surface area contributed by atoms with E-state index in [4.69, 9.17) is 0 Å². The maximum Gasteiger partial charge on any atom is 0.0918 e. The third-order valence-electron chi connectivity index (χ3n) is 3.19. The Kier molecular flexibility index (Phi) is 2.18. The van der Waals surface area contributed by atoms with Crippen molar-refractivity contribution in [2.24, 2.45) is 4.99 Å². The first kappa shape index (κ1) is 8.92. The molecule has 2 aliphatic heterocycles. The highest BCUT2D eigenvalue weighted by molar-refractivity contribution is 5.67. The molecule has 2 aliphatic rings. The third kappa shape index (κ3) is 1.63. The van der Waals surface area contributed by atoms with Crippen LogP contribution in [0.3, 0.4) is 0 Å². The normalized spacial score (nSPS) is 24.3. The van der Waals surface area contributed by atoms with Crippen LogP contribution in [0.4, 0.5) is 5.69 Å². The summed E-state index contributed by atoms with van der Waals surface area (Å²) in [5.41, 5.74) is 2.46. The zero-order valence-electron chi connectivity index (χ0n) is 8.69. The molecule has 0 radical (unpaired) electrons. The molecule has 0 aromatic heterocycles. The smallest absolute Gasteiger partial charge is 0.0918 e. The lowest BCUT2D eigenvalue weighted by molar-refractivity contribution is 0.328. The van der Waals surface area contributed by atoms with E-state index in [1.54, 1.807) is 0 Å². The van der Waals surface area contributed by atoms with Crippen LogP contribution in [0.5, 0.6) is 0 Å². The number of benzene rings is 1. The van der Waals surface area contributed by atoms with Gasteiger partial charge in [0, 0.05) is 19.1 Å². The zero-order chi connectivity index (χ0) is 10.1. The standard InChI is InChI=1S/C12H15N3/c1-2-4-12-10(3-1)8-15(9-14-12)11-5-6-13-7-11/h1-4,9,11,13H,5-8H2/t11-/m1/s1. The Hall–Kier alpha value is -1.35. The first-order chi connectivity index (χ1) is 7.43. The molecule has 3 rings (SSSR count). The number of hydrogen-bond donors (Lipinski definition) is 1. The molecule has 0 saturated carbocycles. The van der Waals surface area contributed by atoms with Crippen molar-refractivity contribution in [1.82, 2.24) is 10.2 Å². The molecule has 0 aliphatic carbocycles. The van der Waals surface area contributed by atoms with Crippen LogP contribution in [0.25, 0.3) is 0 Å². The Balaban J connectivity index is 1.82. The lowest BCUT2D eigenvalue weighted by Gasteiger charge is -2.29. The predicted molar refractivity (Wildman–Crippen MR) is 61.4 cm³/mol. The highest BCUT2D eigenvalue weighted by atomic mass is 15.2. The molecule has 0 bridgehead atoms. The molecule has 0 unspecified atom stereocenters. The van der Waals surface area contributed by atoms with Crippen LogP contribution < -0.4 is 5.32 Å². The van der Waals surface area contributed by atoms with Crippen LogP contribution in [0.15, 0.2) is 29.3 Å². The van der Waals surface area contributed by atoms with Crippen molar-refractivity contribution in [2.75, 3.05) is 13.1 Å². The summed E-state index contributed by atoms with van der Waals surface area (Å²) in [4.78, 5) is 6.84. The summed E-state index contributed by atoms with van der Waals surface area (Å²) in [6.45, 7) is 3.23. The number of hydrogen-bond acceptors (Lipinski definition) is 3. The van der Waals surface area contributed by atoms with Gasteiger partial charge in [0.2, 0.25) is 0 Å². The largest absolute Gasteiger partial charge is 0.354 e. The molecule has 0 spiro atoms. The summed E-state index contributed by atoms with van der Waals surface area (Å²) < 4.78 is 0. The van der Waals surface area contributed by atoms with Crippen molar-refractivity contribution in [2.45, 2.75) is 19.0 Å². The predicted octanol–water partition coefficient (Wildman–Crippen LogP) is 1.52. The molecule has 1 saturated heterocycles. The van der Waals surface area contributed by atoms with Crippen LogP contribution >= 0.6 is 0 Å². The van der Waals surface area contributed by atoms with E-state index >= 15 is 0 Å². The molecule has 1 atom stereocenters. The molecule has 1 N–H and O–H groups in total. The fraction of sp³-hybridized carbons (Fsp3) is 0.417. The second kappa shape index (κ2) is 3.66. The second-order valence-corrected chi connectivity index (χ2v) is 4.19. The Morgan fingerprint density at radius 2 is 2.27 bits per heavy atom. The van der Waals surface area contributed by atoms with Crippen molar-refractivity contribution in [3.63, 3.8) is 0 Å². The Morgan fingerprint density at radius 3 is 3.13 bits per heavy atom. The van der Waals surface area contributed by atoms with E-state index in [-0.39, 0.29) is 0 Å². The van der Waals surface area contributed by atoms with Gasteiger partial charge in [-0.25, -0.2) is 4.99 Å². The lowest BCUT2D eigenvalue weighted by Crippen LogP contribution is -2.36. The maximum atomic E-state index is 4.49. The first-order valence-corrected chi connectivity index (χ1v) is 5.52. The van der Waals surface area contributed by atoms with Crippen molar-refractivity contribution < 1.29 is 0 Å². The molecule has 0 amide bonds.